The van der Waals surface area contributed by atoms with Gasteiger partial charge >= 0.3 is 0 Å². The number of amides is 1. The fourth-order valence-corrected chi connectivity index (χ4v) is 3.89. The standard InChI is InChI=1S/C20H23N7OS2/c28-19-18(10-16-11-21-13-22-16)23-20(30)27(19)17-6-3-14(4-7-17)2-5-15-12-26(25-24-15)8-1-9-29/h3-4,6-7,11-13,18,29H,1-2,5,8-10H2,(H,21,22)(H,23,30). The van der Waals surface area contributed by atoms with E-state index >= 15 is 0 Å². The second-order valence-electron chi connectivity index (χ2n) is 7.17. The van der Waals surface area contributed by atoms with Crippen molar-refractivity contribution in [3.8, 4) is 0 Å². The summed E-state index contributed by atoms with van der Waals surface area (Å²) in [4.78, 5) is 21.4. The van der Waals surface area contributed by atoms with Crippen molar-refractivity contribution >= 4 is 41.6 Å². The lowest BCUT2D eigenvalue weighted by Crippen LogP contribution is -2.32. The average Bonchev–Trinajstić information content (AvgIpc) is 3.48. The molecule has 1 saturated heterocycles. The summed E-state index contributed by atoms with van der Waals surface area (Å²) in [6.45, 7) is 0.838. The zero-order valence-corrected chi connectivity index (χ0v) is 18.1. The highest BCUT2D eigenvalue weighted by molar-refractivity contribution is 7.80. The number of hydrogen-bond acceptors (Lipinski definition) is 6. The van der Waals surface area contributed by atoms with Crippen LogP contribution in [0.4, 0.5) is 5.69 Å². The molecule has 1 unspecified atom stereocenters. The molecule has 2 N–H and O–H groups in total. The summed E-state index contributed by atoms with van der Waals surface area (Å²) in [7, 11) is 0. The first-order chi connectivity index (χ1) is 14.6. The highest BCUT2D eigenvalue weighted by atomic mass is 32.1. The maximum absolute atomic E-state index is 12.8. The van der Waals surface area contributed by atoms with Crippen LogP contribution in [0.1, 0.15) is 23.4 Å². The lowest BCUT2D eigenvalue weighted by molar-refractivity contribution is -0.118. The second-order valence-corrected chi connectivity index (χ2v) is 8.01. The minimum Gasteiger partial charge on any atom is -0.350 e. The zero-order chi connectivity index (χ0) is 20.9. The molecule has 1 atom stereocenters. The lowest BCUT2D eigenvalue weighted by atomic mass is 10.1. The van der Waals surface area contributed by atoms with Crippen LogP contribution < -0.4 is 10.2 Å². The summed E-state index contributed by atoms with van der Waals surface area (Å²) >= 11 is 9.62. The van der Waals surface area contributed by atoms with Crippen molar-refractivity contribution in [2.75, 3.05) is 10.7 Å². The number of nitrogens with one attached hydrogen (secondary N) is 2. The number of aromatic amines is 1. The smallest absolute Gasteiger partial charge is 0.256 e. The van der Waals surface area contributed by atoms with Gasteiger partial charge in [-0.15, -0.1) is 5.10 Å². The van der Waals surface area contributed by atoms with E-state index in [2.05, 4.69) is 38.2 Å². The van der Waals surface area contributed by atoms with Gasteiger partial charge in [0.25, 0.3) is 5.91 Å². The highest BCUT2D eigenvalue weighted by Crippen LogP contribution is 2.22. The molecule has 0 radical (unpaired) electrons. The third-order valence-corrected chi connectivity index (χ3v) is 5.61. The summed E-state index contributed by atoms with van der Waals surface area (Å²) in [5.41, 5.74) is 3.80. The summed E-state index contributed by atoms with van der Waals surface area (Å²) in [5, 5.41) is 11.9. The second kappa shape index (κ2) is 9.40. The molecular weight excluding hydrogens is 418 g/mol. The topological polar surface area (TPSA) is 91.7 Å². The lowest BCUT2D eigenvalue weighted by Gasteiger charge is -2.15. The molecule has 3 heterocycles. The SMILES string of the molecule is O=C1C(Cc2cnc[nH]2)NC(=S)N1c1ccc(CCc2cn(CCCS)nn2)cc1. The van der Waals surface area contributed by atoms with Crippen LogP contribution in [0.25, 0.3) is 0 Å². The van der Waals surface area contributed by atoms with Crippen molar-refractivity contribution in [3.63, 3.8) is 0 Å². The van der Waals surface area contributed by atoms with Crippen molar-refractivity contribution in [1.82, 2.24) is 30.3 Å². The molecule has 1 amide bonds. The van der Waals surface area contributed by atoms with Crippen LogP contribution in [0.5, 0.6) is 0 Å². The number of rotatable bonds is 9. The van der Waals surface area contributed by atoms with Crippen molar-refractivity contribution in [3.05, 3.63) is 59.9 Å². The number of aryl methyl sites for hydroxylation is 3. The largest absolute Gasteiger partial charge is 0.350 e. The van der Waals surface area contributed by atoms with E-state index in [1.165, 1.54) is 5.56 Å². The van der Waals surface area contributed by atoms with Gasteiger partial charge in [-0.2, -0.15) is 12.6 Å². The number of carbonyl (C=O) groups is 1. The van der Waals surface area contributed by atoms with Gasteiger partial charge in [-0.3, -0.25) is 14.4 Å². The number of anilines is 1. The fraction of sp³-hybridized carbons (Fsp3) is 0.350. The minimum atomic E-state index is -0.386. The molecule has 1 fully saturated rings. The van der Waals surface area contributed by atoms with E-state index in [0.717, 1.165) is 48.6 Å². The molecule has 2 aromatic heterocycles. The Morgan fingerprint density at radius 1 is 1.20 bits per heavy atom. The van der Waals surface area contributed by atoms with Gasteiger partial charge in [0.15, 0.2) is 5.11 Å². The maximum Gasteiger partial charge on any atom is 0.256 e. The number of H-pyrrole nitrogens is 1. The Balaban J connectivity index is 1.35. The van der Waals surface area contributed by atoms with E-state index in [-0.39, 0.29) is 11.9 Å². The van der Waals surface area contributed by atoms with Gasteiger partial charge in [0.05, 0.1) is 17.7 Å². The quantitative estimate of drug-likeness (QED) is 0.347. The van der Waals surface area contributed by atoms with E-state index in [1.54, 1.807) is 17.4 Å². The van der Waals surface area contributed by atoms with Gasteiger partial charge in [-0.05, 0) is 54.9 Å². The highest BCUT2D eigenvalue weighted by Gasteiger charge is 2.36. The van der Waals surface area contributed by atoms with Crippen molar-refractivity contribution in [2.45, 2.75) is 38.3 Å². The molecule has 0 aliphatic carbocycles. The first kappa shape index (κ1) is 20.5. The molecule has 0 spiro atoms. The number of thiocarbonyl (C=S) groups is 1. The Bertz CT molecular complexity index is 1000. The third-order valence-electron chi connectivity index (χ3n) is 4.99. The molecule has 4 rings (SSSR count). The summed E-state index contributed by atoms with van der Waals surface area (Å²) in [6.07, 6.45) is 8.47. The summed E-state index contributed by atoms with van der Waals surface area (Å²) in [5.74, 6) is 0.782. The van der Waals surface area contributed by atoms with Gasteiger partial charge in [0.2, 0.25) is 0 Å². The Morgan fingerprint density at radius 2 is 2.03 bits per heavy atom. The molecule has 8 nitrogen and oxygen atoms in total. The summed E-state index contributed by atoms with van der Waals surface area (Å²) < 4.78 is 1.86. The van der Waals surface area contributed by atoms with E-state index in [9.17, 15) is 4.79 Å². The number of carbonyl (C=O) groups excluding carboxylic acids is 1. The number of thiol groups is 1. The molecule has 30 heavy (non-hydrogen) atoms. The van der Waals surface area contributed by atoms with Gasteiger partial charge < -0.3 is 10.3 Å². The molecule has 3 aromatic rings. The van der Waals surface area contributed by atoms with Gasteiger partial charge in [-0.25, -0.2) is 4.98 Å². The van der Waals surface area contributed by atoms with Crippen molar-refractivity contribution < 1.29 is 4.79 Å². The first-order valence-electron chi connectivity index (χ1n) is 9.84. The van der Waals surface area contributed by atoms with Crippen LogP contribution in [0.2, 0.25) is 0 Å². The normalized spacial score (nSPS) is 16.3. The zero-order valence-electron chi connectivity index (χ0n) is 16.4. The van der Waals surface area contributed by atoms with E-state index < -0.39 is 0 Å². The van der Waals surface area contributed by atoms with E-state index in [1.807, 2.05) is 35.1 Å². The Labute approximate surface area is 185 Å². The van der Waals surface area contributed by atoms with E-state index in [4.69, 9.17) is 12.2 Å². The number of benzene rings is 1. The number of nitrogens with zero attached hydrogens (tertiary/aromatic N) is 5. The predicted molar refractivity (Wildman–Crippen MR) is 122 cm³/mol. The van der Waals surface area contributed by atoms with Crippen LogP contribution in [0, 0.1) is 0 Å². The molecule has 1 aliphatic rings. The Hall–Kier alpha value is -2.72. The molecule has 0 bridgehead atoms. The van der Waals surface area contributed by atoms with Gasteiger partial charge in [0.1, 0.15) is 6.04 Å². The molecule has 10 heteroatoms. The number of imidazole rings is 1. The fourth-order valence-electron chi connectivity index (χ4n) is 3.41. The average molecular weight is 442 g/mol. The van der Waals surface area contributed by atoms with Crippen LogP contribution in [0.3, 0.4) is 0 Å². The van der Waals surface area contributed by atoms with Crippen LogP contribution in [-0.4, -0.2) is 47.8 Å². The first-order valence-corrected chi connectivity index (χ1v) is 10.9. The molecule has 0 saturated carbocycles. The van der Waals surface area contributed by atoms with Gasteiger partial charge in [0, 0.05) is 31.1 Å². The van der Waals surface area contributed by atoms with Crippen LogP contribution in [0.15, 0.2) is 43.0 Å². The Kier molecular flexibility index (Phi) is 6.44. The molecule has 1 aliphatic heterocycles. The van der Waals surface area contributed by atoms with Crippen LogP contribution >= 0.6 is 24.8 Å². The number of aromatic nitrogens is 5. The van der Waals surface area contributed by atoms with Crippen molar-refractivity contribution in [2.24, 2.45) is 0 Å². The maximum atomic E-state index is 12.8. The van der Waals surface area contributed by atoms with E-state index in [0.29, 0.717) is 11.5 Å². The monoisotopic (exact) mass is 441 g/mol. The molecule has 1 aromatic carbocycles. The van der Waals surface area contributed by atoms with Crippen LogP contribution in [-0.2, 0) is 30.6 Å². The third kappa shape index (κ3) is 4.71. The molecular formula is C20H23N7OS2. The minimum absolute atomic E-state index is 0.0554. The predicted octanol–water partition coefficient (Wildman–Crippen LogP) is 1.94. The number of hydrogen-bond donors (Lipinski definition) is 3. The van der Waals surface area contributed by atoms with Crippen molar-refractivity contribution in [1.29, 1.82) is 0 Å². The summed E-state index contributed by atoms with van der Waals surface area (Å²) in [6, 6.07) is 7.53. The van der Waals surface area contributed by atoms with Gasteiger partial charge in [-0.1, -0.05) is 17.3 Å². The Morgan fingerprint density at radius 3 is 2.77 bits per heavy atom. The molecule has 156 valence electrons.